The Labute approximate surface area is 192 Å². The Balaban J connectivity index is 1.59. The second kappa shape index (κ2) is 7.42. The number of nitrogen functional groups attached to an aromatic ring is 1. The van der Waals surface area contributed by atoms with Gasteiger partial charge < -0.3 is 10.2 Å². The second-order valence-corrected chi connectivity index (χ2v) is 8.04. The number of nitrogens with two attached hydrogens (primary N) is 1. The van der Waals surface area contributed by atoms with E-state index in [1.807, 2.05) is 52.7 Å². The van der Waals surface area contributed by atoms with Crippen LogP contribution in [0.25, 0.3) is 38.9 Å². The molecule has 1 aromatic carbocycles. The Kier molecular flexibility index (Phi) is 4.37. The Hall–Kier alpha value is -4.24. The van der Waals surface area contributed by atoms with Crippen LogP contribution in [0.4, 0.5) is 5.82 Å². The average molecular weight is 457 g/mol. The van der Waals surface area contributed by atoms with Crippen molar-refractivity contribution in [2.24, 2.45) is 0 Å². The molecule has 5 heterocycles. The van der Waals surface area contributed by atoms with E-state index in [9.17, 15) is 0 Å². The zero-order valence-electron chi connectivity index (χ0n) is 17.4. The fourth-order valence-corrected chi connectivity index (χ4v) is 4.25. The molecule has 1 atom stereocenters. The van der Waals surface area contributed by atoms with Crippen molar-refractivity contribution in [1.29, 1.82) is 0 Å². The van der Waals surface area contributed by atoms with Gasteiger partial charge in [-0.1, -0.05) is 11.6 Å². The topological polar surface area (TPSA) is 113 Å². The lowest BCUT2D eigenvalue weighted by Crippen LogP contribution is -2.11. The molecule has 162 valence electrons. The highest BCUT2D eigenvalue weighted by Gasteiger charge is 2.25. The van der Waals surface area contributed by atoms with Gasteiger partial charge in [0.1, 0.15) is 17.8 Å². The Morgan fingerprint density at radius 3 is 2.82 bits per heavy atom. The first kappa shape index (κ1) is 19.4. The van der Waals surface area contributed by atoms with Crippen LogP contribution in [0.3, 0.4) is 0 Å². The van der Waals surface area contributed by atoms with E-state index < -0.39 is 0 Å². The largest absolute Gasteiger partial charge is 0.472 e. The van der Waals surface area contributed by atoms with Gasteiger partial charge in [-0.25, -0.2) is 19.3 Å². The van der Waals surface area contributed by atoms with E-state index in [1.165, 1.54) is 6.33 Å². The molecule has 0 bridgehead atoms. The van der Waals surface area contributed by atoms with Gasteiger partial charge in [-0.15, -0.1) is 0 Å². The number of furan rings is 1. The number of hydrogen-bond acceptors (Lipinski definition) is 7. The van der Waals surface area contributed by atoms with Gasteiger partial charge in [0.05, 0.1) is 47.0 Å². The van der Waals surface area contributed by atoms with Gasteiger partial charge in [0.2, 0.25) is 0 Å². The minimum atomic E-state index is -0.274. The van der Waals surface area contributed by atoms with Crippen LogP contribution in [0.5, 0.6) is 0 Å². The lowest BCUT2D eigenvalue weighted by molar-refractivity contribution is 0.561. The van der Waals surface area contributed by atoms with Crippen molar-refractivity contribution in [1.82, 2.24) is 34.5 Å². The number of aromatic nitrogens is 7. The molecule has 1 unspecified atom stereocenters. The van der Waals surface area contributed by atoms with Crippen LogP contribution >= 0.6 is 11.6 Å². The molecular formula is C23H17ClN8O. The average Bonchev–Trinajstić information content (AvgIpc) is 3.56. The van der Waals surface area contributed by atoms with Crippen LogP contribution in [0.15, 0.2) is 72.1 Å². The SMILES string of the molecule is CC(c1nn(-c2cccnc2)c2cc(Cl)ccc12)n1nc(-c2ccoc2)c2c(N)ncnc21. The summed E-state index contributed by atoms with van der Waals surface area (Å²) in [6.07, 6.45) is 8.14. The van der Waals surface area contributed by atoms with Crippen molar-refractivity contribution < 1.29 is 4.42 Å². The summed E-state index contributed by atoms with van der Waals surface area (Å²) in [5.41, 5.74) is 10.8. The molecule has 33 heavy (non-hydrogen) atoms. The molecule has 0 aliphatic heterocycles. The van der Waals surface area contributed by atoms with Gasteiger partial charge in [0.25, 0.3) is 0 Å². The fraction of sp³-hybridized carbons (Fsp3) is 0.0870. The highest BCUT2D eigenvalue weighted by molar-refractivity contribution is 6.31. The maximum Gasteiger partial charge on any atom is 0.164 e. The predicted molar refractivity (Wildman–Crippen MR) is 125 cm³/mol. The van der Waals surface area contributed by atoms with E-state index >= 15 is 0 Å². The third-order valence-corrected chi connectivity index (χ3v) is 5.87. The highest BCUT2D eigenvalue weighted by Crippen LogP contribution is 2.35. The summed E-state index contributed by atoms with van der Waals surface area (Å²) in [6.45, 7) is 2.02. The molecular weight excluding hydrogens is 440 g/mol. The summed E-state index contributed by atoms with van der Waals surface area (Å²) in [6, 6.07) is 11.1. The van der Waals surface area contributed by atoms with E-state index in [-0.39, 0.29) is 6.04 Å². The number of fused-ring (bicyclic) bond motifs is 2. The molecule has 2 N–H and O–H groups in total. The number of halogens is 1. The molecule has 0 aliphatic carbocycles. The summed E-state index contributed by atoms with van der Waals surface area (Å²) < 4.78 is 8.93. The van der Waals surface area contributed by atoms with Crippen molar-refractivity contribution in [2.75, 3.05) is 5.73 Å². The molecule has 0 saturated carbocycles. The third kappa shape index (κ3) is 3.05. The molecule has 0 aliphatic rings. The second-order valence-electron chi connectivity index (χ2n) is 7.61. The van der Waals surface area contributed by atoms with E-state index in [2.05, 4.69) is 15.0 Å². The smallest absolute Gasteiger partial charge is 0.164 e. The summed E-state index contributed by atoms with van der Waals surface area (Å²) in [4.78, 5) is 12.9. The van der Waals surface area contributed by atoms with Crippen molar-refractivity contribution in [3.05, 3.63) is 78.4 Å². The molecule has 0 amide bonds. The van der Waals surface area contributed by atoms with Crippen LogP contribution in [0.1, 0.15) is 18.7 Å². The number of anilines is 1. The van der Waals surface area contributed by atoms with Crippen molar-refractivity contribution in [3.8, 4) is 16.9 Å². The molecule has 0 spiro atoms. The molecule has 0 fully saturated rings. The Bertz CT molecular complexity index is 1600. The van der Waals surface area contributed by atoms with Crippen LogP contribution in [0, 0.1) is 0 Å². The van der Waals surface area contributed by atoms with Crippen LogP contribution in [-0.2, 0) is 0 Å². The van der Waals surface area contributed by atoms with Gasteiger partial charge >= 0.3 is 0 Å². The highest BCUT2D eigenvalue weighted by atomic mass is 35.5. The quantitative estimate of drug-likeness (QED) is 0.410. The molecule has 9 nitrogen and oxygen atoms in total. The van der Waals surface area contributed by atoms with Gasteiger partial charge in [0.15, 0.2) is 5.65 Å². The first-order chi connectivity index (χ1) is 16.1. The van der Waals surface area contributed by atoms with E-state index in [4.69, 9.17) is 31.9 Å². The number of hydrogen-bond donors (Lipinski definition) is 1. The van der Waals surface area contributed by atoms with Crippen LogP contribution in [-0.4, -0.2) is 34.5 Å². The van der Waals surface area contributed by atoms with E-state index in [0.717, 1.165) is 27.8 Å². The van der Waals surface area contributed by atoms with Gasteiger partial charge in [-0.3, -0.25) is 4.98 Å². The molecule has 0 saturated heterocycles. The van der Waals surface area contributed by atoms with Crippen LogP contribution < -0.4 is 5.73 Å². The van der Waals surface area contributed by atoms with E-state index in [0.29, 0.717) is 27.6 Å². The molecule has 6 aromatic rings. The Morgan fingerprint density at radius 1 is 1.12 bits per heavy atom. The predicted octanol–water partition coefficient (Wildman–Crippen LogP) is 4.67. The Morgan fingerprint density at radius 2 is 2.03 bits per heavy atom. The number of rotatable bonds is 4. The van der Waals surface area contributed by atoms with E-state index in [1.54, 1.807) is 24.9 Å². The summed E-state index contributed by atoms with van der Waals surface area (Å²) in [5.74, 6) is 0.354. The lowest BCUT2D eigenvalue weighted by Gasteiger charge is -2.11. The van der Waals surface area contributed by atoms with Crippen molar-refractivity contribution in [3.63, 3.8) is 0 Å². The van der Waals surface area contributed by atoms with Crippen molar-refractivity contribution >= 4 is 39.4 Å². The minimum Gasteiger partial charge on any atom is -0.472 e. The summed E-state index contributed by atoms with van der Waals surface area (Å²) in [5, 5.41) is 12.0. The maximum atomic E-state index is 6.33. The lowest BCUT2D eigenvalue weighted by atomic mass is 10.1. The molecule has 6 rings (SSSR count). The molecule has 0 radical (unpaired) electrons. The number of nitrogens with zero attached hydrogens (tertiary/aromatic N) is 7. The third-order valence-electron chi connectivity index (χ3n) is 5.64. The van der Waals surface area contributed by atoms with Crippen LogP contribution in [0.2, 0.25) is 5.02 Å². The monoisotopic (exact) mass is 456 g/mol. The number of benzene rings is 1. The first-order valence-electron chi connectivity index (χ1n) is 10.2. The molecule has 10 heteroatoms. The van der Waals surface area contributed by atoms with Gasteiger partial charge in [-0.2, -0.15) is 10.2 Å². The molecule has 5 aromatic heterocycles. The standard InChI is InChI=1S/C23H17ClN8O/c1-13(31-23-19(22(25)27-12-28-23)21(30-31)14-6-8-33-11-14)20-17-5-4-15(24)9-18(17)32(29-20)16-3-2-7-26-10-16/h2-13H,1H3,(H2,25,27,28). The summed E-state index contributed by atoms with van der Waals surface area (Å²) in [7, 11) is 0. The number of pyridine rings is 1. The van der Waals surface area contributed by atoms with Crippen molar-refractivity contribution in [2.45, 2.75) is 13.0 Å². The maximum absolute atomic E-state index is 6.33. The van der Waals surface area contributed by atoms with Gasteiger partial charge in [0, 0.05) is 22.2 Å². The zero-order valence-corrected chi connectivity index (χ0v) is 18.2. The normalized spacial score (nSPS) is 12.5. The summed E-state index contributed by atoms with van der Waals surface area (Å²) >= 11 is 6.33. The minimum absolute atomic E-state index is 0.274. The zero-order chi connectivity index (χ0) is 22.5. The van der Waals surface area contributed by atoms with Gasteiger partial charge in [-0.05, 0) is 43.3 Å². The first-order valence-corrected chi connectivity index (χ1v) is 10.6. The fourth-order valence-electron chi connectivity index (χ4n) is 4.08.